The lowest BCUT2D eigenvalue weighted by atomic mass is 10.1. The Balaban J connectivity index is 2.85. The second-order valence-electron chi connectivity index (χ2n) is 3.57. The minimum Gasteiger partial charge on any atom is -0.253 e. The minimum atomic E-state index is -0.267. The first-order valence-corrected chi connectivity index (χ1v) is 5.25. The molecule has 0 spiro atoms. The highest BCUT2D eigenvalue weighted by atomic mass is 35.5. The lowest BCUT2D eigenvalue weighted by Crippen LogP contribution is -1.92. The number of pyridine rings is 1. The molecule has 0 atom stereocenters. The summed E-state index contributed by atoms with van der Waals surface area (Å²) in [5.41, 5.74) is 2.35. The lowest BCUT2D eigenvalue weighted by molar-refractivity contribution is 0.628. The summed E-state index contributed by atoms with van der Waals surface area (Å²) in [7, 11) is 0. The quantitative estimate of drug-likeness (QED) is 0.715. The van der Waals surface area contributed by atoms with E-state index in [1.54, 1.807) is 0 Å². The predicted octanol–water partition coefficient (Wildman–Crippen LogP) is 3.90. The molecule has 0 amide bonds. The van der Waals surface area contributed by atoms with Gasteiger partial charge in [0.15, 0.2) is 0 Å². The summed E-state index contributed by atoms with van der Waals surface area (Å²) >= 11 is 6.14. The molecule has 0 bridgehead atoms. The number of hydrogen-bond acceptors (Lipinski definition) is 1. The van der Waals surface area contributed by atoms with Gasteiger partial charge in [-0.1, -0.05) is 18.5 Å². The SMILES string of the molecule is CCc1cc(Cl)c2c(C)cc(F)cc2n1. The van der Waals surface area contributed by atoms with E-state index in [0.29, 0.717) is 10.5 Å². The van der Waals surface area contributed by atoms with Crippen molar-refractivity contribution in [3.63, 3.8) is 0 Å². The fraction of sp³-hybridized carbons (Fsp3) is 0.250. The molecular formula is C12H11ClFN. The maximum absolute atomic E-state index is 13.2. The largest absolute Gasteiger partial charge is 0.253 e. The van der Waals surface area contributed by atoms with Crippen LogP contribution < -0.4 is 0 Å². The maximum Gasteiger partial charge on any atom is 0.125 e. The second-order valence-corrected chi connectivity index (χ2v) is 3.97. The minimum absolute atomic E-state index is 0.267. The number of rotatable bonds is 1. The van der Waals surface area contributed by atoms with Crippen LogP contribution in [0.4, 0.5) is 4.39 Å². The fourth-order valence-electron chi connectivity index (χ4n) is 1.71. The van der Waals surface area contributed by atoms with E-state index in [1.165, 1.54) is 12.1 Å². The third kappa shape index (κ3) is 1.82. The normalized spacial score (nSPS) is 10.9. The van der Waals surface area contributed by atoms with E-state index in [2.05, 4.69) is 4.98 Å². The molecule has 78 valence electrons. The van der Waals surface area contributed by atoms with Gasteiger partial charge in [0.25, 0.3) is 0 Å². The van der Waals surface area contributed by atoms with E-state index < -0.39 is 0 Å². The van der Waals surface area contributed by atoms with Gasteiger partial charge in [-0.15, -0.1) is 0 Å². The van der Waals surface area contributed by atoms with Gasteiger partial charge in [0.1, 0.15) is 5.82 Å². The fourth-order valence-corrected chi connectivity index (χ4v) is 2.08. The zero-order chi connectivity index (χ0) is 11.0. The Morgan fingerprint density at radius 3 is 2.73 bits per heavy atom. The molecule has 2 aromatic rings. The number of nitrogens with zero attached hydrogens (tertiary/aromatic N) is 1. The van der Waals surface area contributed by atoms with Crippen molar-refractivity contribution in [1.82, 2.24) is 4.98 Å². The van der Waals surface area contributed by atoms with Crippen LogP contribution in [-0.2, 0) is 6.42 Å². The van der Waals surface area contributed by atoms with E-state index in [0.717, 1.165) is 23.1 Å². The molecule has 0 fully saturated rings. The Bertz CT molecular complexity index is 523. The van der Waals surface area contributed by atoms with E-state index in [-0.39, 0.29) is 5.82 Å². The van der Waals surface area contributed by atoms with Crippen molar-refractivity contribution in [3.05, 3.63) is 40.3 Å². The number of benzene rings is 1. The summed E-state index contributed by atoms with van der Waals surface area (Å²) in [4.78, 5) is 4.35. The molecule has 1 aromatic heterocycles. The molecule has 2 rings (SSSR count). The third-order valence-electron chi connectivity index (χ3n) is 2.44. The zero-order valence-corrected chi connectivity index (χ0v) is 9.40. The molecule has 1 aromatic carbocycles. The van der Waals surface area contributed by atoms with Gasteiger partial charge in [-0.3, -0.25) is 4.98 Å². The Hall–Kier alpha value is -1.15. The molecule has 15 heavy (non-hydrogen) atoms. The molecule has 0 unspecified atom stereocenters. The number of halogens is 2. The molecule has 0 radical (unpaired) electrons. The number of fused-ring (bicyclic) bond motifs is 1. The van der Waals surface area contributed by atoms with E-state index in [9.17, 15) is 4.39 Å². The summed E-state index contributed by atoms with van der Waals surface area (Å²) < 4.78 is 13.2. The highest BCUT2D eigenvalue weighted by Crippen LogP contribution is 2.27. The zero-order valence-electron chi connectivity index (χ0n) is 8.64. The van der Waals surface area contributed by atoms with Gasteiger partial charge in [-0.2, -0.15) is 0 Å². The molecular weight excluding hydrogens is 213 g/mol. The van der Waals surface area contributed by atoms with Crippen LogP contribution in [0.1, 0.15) is 18.2 Å². The van der Waals surface area contributed by atoms with Gasteiger partial charge >= 0.3 is 0 Å². The highest BCUT2D eigenvalue weighted by Gasteiger charge is 2.07. The van der Waals surface area contributed by atoms with E-state index >= 15 is 0 Å². The second kappa shape index (κ2) is 3.78. The molecule has 0 saturated heterocycles. The Morgan fingerprint density at radius 1 is 1.33 bits per heavy atom. The molecule has 0 N–H and O–H groups in total. The summed E-state index contributed by atoms with van der Waals surface area (Å²) in [6.45, 7) is 3.83. The van der Waals surface area contributed by atoms with Gasteiger partial charge in [0.05, 0.1) is 10.5 Å². The summed E-state index contributed by atoms with van der Waals surface area (Å²) in [5.74, 6) is -0.267. The number of aryl methyl sites for hydroxylation is 2. The van der Waals surface area contributed by atoms with Gasteiger partial charge in [-0.25, -0.2) is 4.39 Å². The van der Waals surface area contributed by atoms with Crippen LogP contribution in [0, 0.1) is 12.7 Å². The van der Waals surface area contributed by atoms with Gasteiger partial charge in [0, 0.05) is 17.1 Å². The van der Waals surface area contributed by atoms with Crippen molar-refractivity contribution < 1.29 is 4.39 Å². The van der Waals surface area contributed by atoms with Crippen LogP contribution in [0.3, 0.4) is 0 Å². The number of hydrogen-bond donors (Lipinski definition) is 0. The molecule has 0 aliphatic rings. The van der Waals surface area contributed by atoms with Crippen LogP contribution in [0.15, 0.2) is 18.2 Å². The third-order valence-corrected chi connectivity index (χ3v) is 2.74. The molecule has 1 nitrogen and oxygen atoms in total. The van der Waals surface area contributed by atoms with Gasteiger partial charge < -0.3 is 0 Å². The predicted molar refractivity (Wildman–Crippen MR) is 60.8 cm³/mol. The first kappa shape index (κ1) is 10.4. The molecule has 0 aliphatic carbocycles. The van der Waals surface area contributed by atoms with Crippen molar-refractivity contribution in [2.45, 2.75) is 20.3 Å². The van der Waals surface area contributed by atoms with Crippen molar-refractivity contribution in [1.29, 1.82) is 0 Å². The monoisotopic (exact) mass is 223 g/mol. The van der Waals surface area contributed by atoms with E-state index in [1.807, 2.05) is 19.9 Å². The average molecular weight is 224 g/mol. The average Bonchev–Trinajstić information content (AvgIpc) is 2.15. The van der Waals surface area contributed by atoms with Gasteiger partial charge in [0.2, 0.25) is 0 Å². The first-order valence-electron chi connectivity index (χ1n) is 4.87. The summed E-state index contributed by atoms with van der Waals surface area (Å²) in [6.07, 6.45) is 0.797. The van der Waals surface area contributed by atoms with Crippen molar-refractivity contribution in [2.75, 3.05) is 0 Å². The van der Waals surface area contributed by atoms with Crippen LogP contribution in [-0.4, -0.2) is 4.98 Å². The van der Waals surface area contributed by atoms with Crippen LogP contribution in [0.5, 0.6) is 0 Å². The van der Waals surface area contributed by atoms with Crippen LogP contribution >= 0.6 is 11.6 Å². The molecule has 3 heteroatoms. The van der Waals surface area contributed by atoms with Gasteiger partial charge in [-0.05, 0) is 31.0 Å². The Kier molecular flexibility index (Phi) is 2.61. The highest BCUT2D eigenvalue weighted by molar-refractivity contribution is 6.35. The van der Waals surface area contributed by atoms with Crippen molar-refractivity contribution >= 4 is 22.5 Å². The smallest absolute Gasteiger partial charge is 0.125 e. The lowest BCUT2D eigenvalue weighted by Gasteiger charge is -2.06. The Labute approximate surface area is 92.9 Å². The van der Waals surface area contributed by atoms with E-state index in [4.69, 9.17) is 11.6 Å². The van der Waals surface area contributed by atoms with Crippen molar-refractivity contribution in [3.8, 4) is 0 Å². The van der Waals surface area contributed by atoms with Crippen molar-refractivity contribution in [2.24, 2.45) is 0 Å². The molecule has 0 saturated carbocycles. The molecule has 1 heterocycles. The Morgan fingerprint density at radius 2 is 2.07 bits per heavy atom. The maximum atomic E-state index is 13.2. The molecule has 0 aliphatic heterocycles. The van der Waals surface area contributed by atoms with Crippen LogP contribution in [0.25, 0.3) is 10.9 Å². The summed E-state index contributed by atoms with van der Waals surface area (Å²) in [5, 5.41) is 1.49. The summed E-state index contributed by atoms with van der Waals surface area (Å²) in [6, 6.07) is 4.74. The van der Waals surface area contributed by atoms with Crippen LogP contribution in [0.2, 0.25) is 5.02 Å². The first-order chi connectivity index (χ1) is 7.11. The topological polar surface area (TPSA) is 12.9 Å². The number of aromatic nitrogens is 1. The standard InChI is InChI=1S/C12H11ClFN/c1-3-9-6-10(13)12-7(2)4-8(14)5-11(12)15-9/h4-6H,3H2,1-2H3.